The van der Waals surface area contributed by atoms with Crippen LogP contribution in [0, 0.1) is 28.6 Å². The van der Waals surface area contributed by atoms with E-state index in [9.17, 15) is 9.59 Å². The summed E-state index contributed by atoms with van der Waals surface area (Å²) < 4.78 is 4.91. The summed E-state index contributed by atoms with van der Waals surface area (Å²) in [6, 6.07) is 0. The smallest absolute Gasteiger partial charge is 0.316 e. The summed E-state index contributed by atoms with van der Waals surface area (Å²) in [7, 11) is 1.39. The highest BCUT2D eigenvalue weighted by Gasteiger charge is 2.59. The topological polar surface area (TPSA) is 43.4 Å². The van der Waals surface area contributed by atoms with Gasteiger partial charge in [-0.2, -0.15) is 0 Å². The summed E-state index contributed by atoms with van der Waals surface area (Å²) in [5.74, 6) is 0.254. The van der Waals surface area contributed by atoms with Crippen LogP contribution in [-0.2, 0) is 14.3 Å². The minimum Gasteiger partial charge on any atom is -0.468 e. The predicted molar refractivity (Wildman–Crippen MR) is 73.5 cm³/mol. The third-order valence-corrected chi connectivity index (χ3v) is 6.18. The lowest BCUT2D eigenvalue weighted by Gasteiger charge is -2.58. The van der Waals surface area contributed by atoms with Gasteiger partial charge < -0.3 is 4.74 Å². The van der Waals surface area contributed by atoms with Gasteiger partial charge in [0, 0.05) is 6.42 Å². The number of methoxy groups -OCH3 is 1. The molecule has 2 rings (SSSR count). The SMILES string of the molecule is COC(=O)[C@H]1C(=O)CC[C@H]2C(C)(C)C(C)CC[C@]12C. The molecular formula is C16H26O3. The van der Waals surface area contributed by atoms with Gasteiger partial charge in [-0.25, -0.2) is 0 Å². The normalized spacial score (nSPS) is 41.5. The molecule has 0 aliphatic heterocycles. The van der Waals surface area contributed by atoms with Gasteiger partial charge in [0.15, 0.2) is 0 Å². The molecule has 0 spiro atoms. The second kappa shape index (κ2) is 4.60. The van der Waals surface area contributed by atoms with Crippen molar-refractivity contribution < 1.29 is 14.3 Å². The lowest BCUT2D eigenvalue weighted by molar-refractivity contribution is -0.170. The van der Waals surface area contributed by atoms with Gasteiger partial charge in [-0.05, 0) is 41.9 Å². The number of carbonyl (C=O) groups is 2. The standard InChI is InChI=1S/C16H26O3/c1-10-8-9-16(4)12(15(10,2)3)7-6-11(17)13(16)14(18)19-5/h10,12-13H,6-9H2,1-5H3/t10?,12-,13+,16-/m0/s1. The van der Waals surface area contributed by atoms with Gasteiger partial charge in [0.2, 0.25) is 0 Å². The maximum atomic E-state index is 12.2. The highest BCUT2D eigenvalue weighted by Crippen LogP contribution is 2.60. The molecule has 1 unspecified atom stereocenters. The van der Waals surface area contributed by atoms with Gasteiger partial charge >= 0.3 is 5.97 Å². The fourth-order valence-corrected chi connectivity index (χ4v) is 4.63. The number of hydrogen-bond donors (Lipinski definition) is 0. The second-order valence-electron chi connectivity index (χ2n) is 7.28. The number of ether oxygens (including phenoxy) is 1. The maximum absolute atomic E-state index is 12.2. The molecule has 0 heterocycles. The Bertz CT molecular complexity index is 391. The number of esters is 1. The van der Waals surface area contributed by atoms with E-state index in [1.54, 1.807) is 0 Å². The minimum atomic E-state index is -0.553. The first kappa shape index (κ1) is 14.5. The Kier molecular flexibility index (Phi) is 3.53. The zero-order valence-electron chi connectivity index (χ0n) is 12.8. The van der Waals surface area contributed by atoms with Gasteiger partial charge in [0.25, 0.3) is 0 Å². The van der Waals surface area contributed by atoms with Crippen molar-refractivity contribution in [2.24, 2.45) is 28.6 Å². The van der Waals surface area contributed by atoms with Crippen molar-refractivity contribution in [3.63, 3.8) is 0 Å². The first-order valence-electron chi connectivity index (χ1n) is 7.35. The zero-order valence-corrected chi connectivity index (χ0v) is 12.8. The van der Waals surface area contributed by atoms with Gasteiger partial charge in [0.1, 0.15) is 11.7 Å². The van der Waals surface area contributed by atoms with Gasteiger partial charge in [-0.1, -0.05) is 27.7 Å². The lowest BCUT2D eigenvalue weighted by Crippen LogP contribution is -2.56. The molecule has 3 heteroatoms. The number of ketones is 1. The largest absolute Gasteiger partial charge is 0.468 e. The Morgan fingerprint density at radius 3 is 2.47 bits per heavy atom. The lowest BCUT2D eigenvalue weighted by atomic mass is 9.46. The third-order valence-electron chi connectivity index (χ3n) is 6.18. The Hall–Kier alpha value is -0.860. The summed E-state index contributed by atoms with van der Waals surface area (Å²) >= 11 is 0. The van der Waals surface area contributed by atoms with Crippen molar-refractivity contribution in [2.45, 2.75) is 53.4 Å². The molecular weight excluding hydrogens is 240 g/mol. The molecule has 0 aromatic carbocycles. The van der Waals surface area contributed by atoms with Crippen LogP contribution in [0.3, 0.4) is 0 Å². The van der Waals surface area contributed by atoms with Gasteiger partial charge in [-0.15, -0.1) is 0 Å². The van der Waals surface area contributed by atoms with E-state index in [0.29, 0.717) is 18.3 Å². The molecule has 108 valence electrons. The molecule has 4 atom stereocenters. The number of rotatable bonds is 1. The number of fused-ring (bicyclic) bond motifs is 1. The van der Waals surface area contributed by atoms with Crippen LogP contribution in [0.2, 0.25) is 0 Å². The van der Waals surface area contributed by atoms with Crippen molar-refractivity contribution in [2.75, 3.05) is 7.11 Å². The van der Waals surface area contributed by atoms with Crippen LogP contribution in [0.4, 0.5) is 0 Å². The molecule has 0 saturated heterocycles. The van der Waals surface area contributed by atoms with E-state index < -0.39 is 5.92 Å². The van der Waals surface area contributed by atoms with Gasteiger partial charge in [0.05, 0.1) is 7.11 Å². The second-order valence-corrected chi connectivity index (χ2v) is 7.28. The summed E-state index contributed by atoms with van der Waals surface area (Å²) in [6.45, 7) is 9.01. The first-order chi connectivity index (χ1) is 8.75. The molecule has 2 aliphatic rings. The molecule has 2 saturated carbocycles. The summed E-state index contributed by atoms with van der Waals surface area (Å²) in [5.41, 5.74) is -0.0432. The van der Waals surface area contributed by atoms with Crippen molar-refractivity contribution >= 4 is 11.8 Å². The molecule has 19 heavy (non-hydrogen) atoms. The van der Waals surface area contributed by atoms with E-state index in [0.717, 1.165) is 19.3 Å². The maximum Gasteiger partial charge on any atom is 0.316 e. The molecule has 2 aliphatic carbocycles. The van der Waals surface area contributed by atoms with Crippen LogP contribution in [-0.4, -0.2) is 18.9 Å². The Balaban J connectivity index is 2.42. The van der Waals surface area contributed by atoms with E-state index >= 15 is 0 Å². The average Bonchev–Trinajstić information content (AvgIpc) is 2.33. The molecule has 2 fully saturated rings. The number of hydrogen-bond acceptors (Lipinski definition) is 3. The molecule has 0 aromatic rings. The number of carbonyl (C=O) groups excluding carboxylic acids is 2. The fourth-order valence-electron chi connectivity index (χ4n) is 4.63. The van der Waals surface area contributed by atoms with E-state index in [1.165, 1.54) is 7.11 Å². The van der Waals surface area contributed by atoms with Crippen molar-refractivity contribution in [3.05, 3.63) is 0 Å². The molecule has 3 nitrogen and oxygen atoms in total. The molecule has 0 aromatic heterocycles. The van der Waals surface area contributed by atoms with Crippen LogP contribution in [0.25, 0.3) is 0 Å². The summed E-state index contributed by atoms with van der Waals surface area (Å²) in [6.07, 6.45) is 3.48. The van der Waals surface area contributed by atoms with Crippen molar-refractivity contribution in [1.29, 1.82) is 0 Å². The van der Waals surface area contributed by atoms with Crippen LogP contribution in [0.15, 0.2) is 0 Å². The summed E-state index contributed by atoms with van der Waals surface area (Å²) in [5, 5.41) is 0. The quantitative estimate of drug-likeness (QED) is 0.540. The van der Waals surface area contributed by atoms with E-state index in [2.05, 4.69) is 27.7 Å². The van der Waals surface area contributed by atoms with Crippen molar-refractivity contribution in [1.82, 2.24) is 0 Å². The Morgan fingerprint density at radius 2 is 1.89 bits per heavy atom. The van der Waals surface area contributed by atoms with E-state index in [-0.39, 0.29) is 22.6 Å². The summed E-state index contributed by atoms with van der Waals surface area (Å²) in [4.78, 5) is 24.3. The highest BCUT2D eigenvalue weighted by atomic mass is 16.5. The van der Waals surface area contributed by atoms with Crippen LogP contribution in [0.1, 0.15) is 53.4 Å². The van der Waals surface area contributed by atoms with E-state index in [1.807, 2.05) is 0 Å². The predicted octanol–water partition coefficient (Wildman–Crippen LogP) is 3.22. The highest BCUT2D eigenvalue weighted by molar-refractivity contribution is 6.00. The number of Topliss-reactive ketones (excluding diaryl/α,β-unsaturated/α-hetero) is 1. The average molecular weight is 266 g/mol. The molecule has 0 N–H and O–H groups in total. The third kappa shape index (κ3) is 2.02. The minimum absolute atomic E-state index is 0.0796. The van der Waals surface area contributed by atoms with Crippen LogP contribution >= 0.6 is 0 Å². The van der Waals surface area contributed by atoms with Crippen LogP contribution in [0.5, 0.6) is 0 Å². The van der Waals surface area contributed by atoms with E-state index in [4.69, 9.17) is 4.74 Å². The Morgan fingerprint density at radius 1 is 1.26 bits per heavy atom. The molecule has 0 amide bonds. The Labute approximate surface area is 116 Å². The van der Waals surface area contributed by atoms with Crippen LogP contribution < -0.4 is 0 Å². The first-order valence-corrected chi connectivity index (χ1v) is 7.35. The fraction of sp³-hybridized carbons (Fsp3) is 0.875. The zero-order chi connectivity index (χ0) is 14.4. The molecule has 0 bridgehead atoms. The van der Waals surface area contributed by atoms with Crippen molar-refractivity contribution in [3.8, 4) is 0 Å². The van der Waals surface area contributed by atoms with Gasteiger partial charge in [-0.3, -0.25) is 9.59 Å². The monoisotopic (exact) mass is 266 g/mol. The molecule has 0 radical (unpaired) electrons.